The number of rotatable bonds is 5. The topological polar surface area (TPSA) is 63.1 Å². The number of hydrogen-bond donors (Lipinski definition) is 2. The van der Waals surface area contributed by atoms with Crippen molar-refractivity contribution >= 4 is 17.5 Å². The lowest BCUT2D eigenvalue weighted by Gasteiger charge is -2.23. The van der Waals surface area contributed by atoms with Gasteiger partial charge in [-0.25, -0.2) is 0 Å². The molecule has 1 heterocycles. The molecule has 1 fully saturated rings. The van der Waals surface area contributed by atoms with E-state index in [4.69, 9.17) is 4.74 Å². The molecule has 1 aliphatic heterocycles. The van der Waals surface area contributed by atoms with Crippen LogP contribution < -0.4 is 10.2 Å². The molecule has 2 N–H and O–H groups in total. The second kappa shape index (κ2) is 7.91. The van der Waals surface area contributed by atoms with Gasteiger partial charge in [0.1, 0.15) is 13.1 Å². The summed E-state index contributed by atoms with van der Waals surface area (Å²) in [4.78, 5) is 26.4. The maximum Gasteiger partial charge on any atom is 0.279 e. The summed E-state index contributed by atoms with van der Waals surface area (Å²) in [5.41, 5.74) is 1.71. The zero-order valence-electron chi connectivity index (χ0n) is 13.2. The van der Waals surface area contributed by atoms with E-state index in [1.807, 2.05) is 24.3 Å². The third kappa shape index (κ3) is 4.82. The molecule has 6 heteroatoms. The predicted octanol–water partition coefficient (Wildman–Crippen LogP) is -0.481. The maximum atomic E-state index is 12.2. The fraction of sp³-hybridized carbons (Fsp3) is 0.500. The highest BCUT2D eigenvalue weighted by Crippen LogP contribution is 2.16. The van der Waals surface area contributed by atoms with Crippen LogP contribution >= 0.6 is 0 Å². The number of hydrogen-bond acceptors (Lipinski definition) is 3. The van der Waals surface area contributed by atoms with Gasteiger partial charge in [-0.3, -0.25) is 9.59 Å². The van der Waals surface area contributed by atoms with Gasteiger partial charge in [0.15, 0.2) is 6.54 Å². The Morgan fingerprint density at radius 1 is 1.27 bits per heavy atom. The van der Waals surface area contributed by atoms with Crippen LogP contribution in [-0.2, 0) is 20.9 Å². The Labute approximate surface area is 131 Å². The van der Waals surface area contributed by atoms with Crippen molar-refractivity contribution in [1.82, 2.24) is 4.90 Å². The van der Waals surface area contributed by atoms with Crippen molar-refractivity contribution in [1.29, 1.82) is 0 Å². The average Bonchev–Trinajstić information content (AvgIpc) is 2.50. The van der Waals surface area contributed by atoms with Gasteiger partial charge in [0.05, 0.1) is 13.2 Å². The molecule has 0 aliphatic carbocycles. The molecule has 1 aromatic carbocycles. The summed E-state index contributed by atoms with van der Waals surface area (Å²) in [6.45, 7) is 5.61. The second-order valence-electron chi connectivity index (χ2n) is 5.62. The molecule has 1 aromatic rings. The van der Waals surface area contributed by atoms with E-state index in [2.05, 4.69) is 5.32 Å². The number of benzene rings is 1. The van der Waals surface area contributed by atoms with Crippen LogP contribution in [0, 0.1) is 0 Å². The number of quaternary nitrogens is 1. The number of para-hydroxylation sites is 1. The molecule has 0 unspecified atom stereocenters. The molecule has 0 aromatic heterocycles. The van der Waals surface area contributed by atoms with Crippen LogP contribution in [0.4, 0.5) is 5.69 Å². The fourth-order valence-corrected chi connectivity index (χ4v) is 2.41. The molecule has 0 spiro atoms. The van der Waals surface area contributed by atoms with Gasteiger partial charge in [-0.15, -0.1) is 0 Å². The lowest BCUT2D eigenvalue weighted by molar-refractivity contribution is -0.899. The Morgan fingerprint density at radius 3 is 2.64 bits per heavy atom. The first-order chi connectivity index (χ1) is 10.6. The minimum atomic E-state index is -0.00479. The molecule has 2 amide bonds. The SMILES string of the molecule is CC(=O)N(C)Cc1ccccc1NC(=O)C[NH+]1CCOCC1. The van der Waals surface area contributed by atoms with Gasteiger partial charge in [-0.2, -0.15) is 0 Å². The highest BCUT2D eigenvalue weighted by molar-refractivity contribution is 5.92. The first-order valence-electron chi connectivity index (χ1n) is 7.57. The van der Waals surface area contributed by atoms with E-state index in [1.54, 1.807) is 11.9 Å². The van der Waals surface area contributed by atoms with Crippen molar-refractivity contribution in [3.05, 3.63) is 29.8 Å². The summed E-state index contributed by atoms with van der Waals surface area (Å²) in [6, 6.07) is 7.59. The number of nitrogens with one attached hydrogen (secondary N) is 2. The van der Waals surface area contributed by atoms with Crippen LogP contribution in [0.1, 0.15) is 12.5 Å². The van der Waals surface area contributed by atoms with Crippen LogP contribution in [-0.4, -0.2) is 56.6 Å². The Balaban J connectivity index is 1.96. The van der Waals surface area contributed by atoms with Crippen molar-refractivity contribution in [3.63, 3.8) is 0 Å². The number of carbonyl (C=O) groups is 2. The van der Waals surface area contributed by atoms with E-state index in [0.717, 1.165) is 24.3 Å². The molecule has 0 saturated carbocycles. The van der Waals surface area contributed by atoms with Gasteiger partial charge in [0.2, 0.25) is 5.91 Å². The van der Waals surface area contributed by atoms with E-state index in [-0.39, 0.29) is 11.8 Å². The van der Waals surface area contributed by atoms with Crippen LogP contribution in [0.2, 0.25) is 0 Å². The van der Waals surface area contributed by atoms with Crippen molar-refractivity contribution in [2.75, 3.05) is 45.2 Å². The van der Waals surface area contributed by atoms with Gasteiger partial charge in [0, 0.05) is 26.2 Å². The molecule has 2 rings (SSSR count). The average molecular weight is 306 g/mol. The smallest absolute Gasteiger partial charge is 0.279 e. The minimum absolute atomic E-state index is 0.00103. The van der Waals surface area contributed by atoms with E-state index >= 15 is 0 Å². The van der Waals surface area contributed by atoms with Crippen molar-refractivity contribution in [3.8, 4) is 0 Å². The second-order valence-corrected chi connectivity index (χ2v) is 5.62. The quantitative estimate of drug-likeness (QED) is 0.772. The zero-order valence-corrected chi connectivity index (χ0v) is 13.2. The Kier molecular flexibility index (Phi) is 5.91. The highest BCUT2D eigenvalue weighted by Gasteiger charge is 2.18. The van der Waals surface area contributed by atoms with Gasteiger partial charge in [-0.05, 0) is 11.6 Å². The molecule has 120 valence electrons. The molecule has 0 atom stereocenters. The summed E-state index contributed by atoms with van der Waals surface area (Å²) < 4.78 is 5.29. The summed E-state index contributed by atoms with van der Waals surface area (Å²) >= 11 is 0. The normalized spacial score (nSPS) is 15.4. The summed E-state index contributed by atoms with van der Waals surface area (Å²) in [5.74, 6) is -0.00582. The Bertz CT molecular complexity index is 527. The molecule has 0 radical (unpaired) electrons. The summed E-state index contributed by atoms with van der Waals surface area (Å²) in [5, 5.41) is 2.96. The van der Waals surface area contributed by atoms with Gasteiger partial charge in [0.25, 0.3) is 5.91 Å². The summed E-state index contributed by atoms with van der Waals surface area (Å²) in [6.07, 6.45) is 0. The van der Waals surface area contributed by atoms with Crippen LogP contribution in [0.25, 0.3) is 0 Å². The monoisotopic (exact) mass is 306 g/mol. The van der Waals surface area contributed by atoms with Crippen molar-refractivity contribution < 1.29 is 19.2 Å². The van der Waals surface area contributed by atoms with E-state index < -0.39 is 0 Å². The molecule has 22 heavy (non-hydrogen) atoms. The Morgan fingerprint density at radius 2 is 1.95 bits per heavy atom. The lowest BCUT2D eigenvalue weighted by atomic mass is 10.1. The number of carbonyl (C=O) groups excluding carboxylic acids is 2. The van der Waals surface area contributed by atoms with E-state index in [1.165, 1.54) is 11.8 Å². The van der Waals surface area contributed by atoms with Crippen LogP contribution in [0.3, 0.4) is 0 Å². The van der Waals surface area contributed by atoms with Gasteiger partial charge in [-0.1, -0.05) is 18.2 Å². The molecule has 6 nitrogen and oxygen atoms in total. The number of amides is 2. The molecular formula is C16H24N3O3+. The van der Waals surface area contributed by atoms with E-state index in [0.29, 0.717) is 26.3 Å². The highest BCUT2D eigenvalue weighted by atomic mass is 16.5. The molecule has 1 aliphatic rings. The molecule has 1 saturated heterocycles. The van der Waals surface area contributed by atoms with Crippen LogP contribution in [0.15, 0.2) is 24.3 Å². The first-order valence-corrected chi connectivity index (χ1v) is 7.57. The largest absolute Gasteiger partial charge is 0.370 e. The van der Waals surface area contributed by atoms with Crippen molar-refractivity contribution in [2.45, 2.75) is 13.5 Å². The number of morpholine rings is 1. The lowest BCUT2D eigenvalue weighted by Crippen LogP contribution is -3.15. The zero-order chi connectivity index (χ0) is 15.9. The van der Waals surface area contributed by atoms with Crippen molar-refractivity contribution in [2.24, 2.45) is 0 Å². The third-order valence-corrected chi connectivity index (χ3v) is 3.85. The summed E-state index contributed by atoms with van der Waals surface area (Å²) in [7, 11) is 1.75. The molecular weight excluding hydrogens is 282 g/mol. The fourth-order valence-electron chi connectivity index (χ4n) is 2.41. The van der Waals surface area contributed by atoms with E-state index in [9.17, 15) is 9.59 Å². The van der Waals surface area contributed by atoms with Crippen LogP contribution in [0.5, 0.6) is 0 Å². The number of ether oxygens (including phenoxy) is 1. The predicted molar refractivity (Wildman–Crippen MR) is 83.6 cm³/mol. The van der Waals surface area contributed by atoms with Gasteiger partial charge < -0.3 is 19.9 Å². The number of nitrogens with zero attached hydrogens (tertiary/aromatic N) is 1. The third-order valence-electron chi connectivity index (χ3n) is 3.85. The Hall–Kier alpha value is -1.92. The van der Waals surface area contributed by atoms with Gasteiger partial charge >= 0.3 is 0 Å². The number of anilines is 1. The maximum absolute atomic E-state index is 12.2. The minimum Gasteiger partial charge on any atom is -0.370 e. The molecule has 0 bridgehead atoms. The standard InChI is InChI=1S/C16H23N3O3/c1-13(20)18(2)11-14-5-3-4-6-15(14)17-16(21)12-19-7-9-22-10-8-19/h3-6H,7-12H2,1-2H3,(H,17,21)/p+1. The first kappa shape index (κ1) is 16.5.